The highest BCUT2D eigenvalue weighted by atomic mass is 35.5. The van der Waals surface area contributed by atoms with Crippen LogP contribution < -0.4 is 5.73 Å². The van der Waals surface area contributed by atoms with Crippen LogP contribution in [0.2, 0.25) is 0 Å². The van der Waals surface area contributed by atoms with E-state index in [1.165, 1.54) is 0 Å². The molecule has 1 aliphatic rings. The van der Waals surface area contributed by atoms with Crippen LogP contribution in [-0.4, -0.2) is 54.2 Å². The van der Waals surface area contributed by atoms with Gasteiger partial charge in [0.2, 0.25) is 0 Å². The fourth-order valence-electron chi connectivity index (χ4n) is 2.10. The Hall–Kier alpha value is 0.0300. The zero-order chi connectivity index (χ0) is 13.5. The maximum Gasteiger partial charge on any atom is 0.251 e. The molecule has 0 aromatic heterocycles. The Morgan fingerprint density at radius 3 is 2.74 bits per heavy atom. The smallest absolute Gasteiger partial charge is 0.251 e. The molecule has 3 atom stereocenters. The van der Waals surface area contributed by atoms with E-state index < -0.39 is 0 Å². The van der Waals surface area contributed by atoms with Crippen LogP contribution in [0, 0.1) is 0 Å². The number of thioether (sulfide) groups is 1. The van der Waals surface area contributed by atoms with Gasteiger partial charge in [-0.3, -0.25) is 4.79 Å². The van der Waals surface area contributed by atoms with Gasteiger partial charge in [0.25, 0.3) is 5.91 Å². The molecule has 1 rings (SSSR count). The number of amides is 1. The van der Waals surface area contributed by atoms with Crippen molar-refractivity contribution in [3.8, 4) is 0 Å². The quantitative estimate of drug-likeness (QED) is 0.730. The fraction of sp³-hybridized carbons (Fsp3) is 0.923. The van der Waals surface area contributed by atoms with Crippen molar-refractivity contribution in [2.24, 2.45) is 5.73 Å². The van der Waals surface area contributed by atoms with Crippen LogP contribution in [-0.2, 0) is 9.53 Å². The summed E-state index contributed by atoms with van der Waals surface area (Å²) in [4.78, 5) is 14.1. The molecule has 1 heterocycles. The molecule has 1 saturated heterocycles. The Labute approximate surface area is 127 Å². The Morgan fingerprint density at radius 1 is 1.53 bits per heavy atom. The second-order valence-electron chi connectivity index (χ2n) is 4.84. The van der Waals surface area contributed by atoms with Crippen LogP contribution in [0.25, 0.3) is 0 Å². The number of carbonyl (C=O) groups excluding carboxylic acids is 1. The second kappa shape index (κ2) is 9.86. The topological polar surface area (TPSA) is 55.6 Å². The van der Waals surface area contributed by atoms with Crippen molar-refractivity contribution < 1.29 is 9.53 Å². The number of carbonyl (C=O) groups is 1. The second-order valence-corrected chi connectivity index (χ2v) is 6.24. The minimum absolute atomic E-state index is 0. The molecule has 19 heavy (non-hydrogen) atoms. The van der Waals surface area contributed by atoms with Gasteiger partial charge in [0.15, 0.2) is 0 Å². The monoisotopic (exact) mass is 310 g/mol. The van der Waals surface area contributed by atoms with Gasteiger partial charge in [0.1, 0.15) is 6.10 Å². The molecule has 0 spiro atoms. The van der Waals surface area contributed by atoms with E-state index in [1.54, 1.807) is 0 Å². The molecule has 114 valence electrons. The van der Waals surface area contributed by atoms with Crippen LogP contribution in [0.5, 0.6) is 0 Å². The number of hydrogen-bond acceptors (Lipinski definition) is 4. The lowest BCUT2D eigenvalue weighted by Gasteiger charge is -2.27. The van der Waals surface area contributed by atoms with Crippen LogP contribution in [0.3, 0.4) is 0 Å². The average molecular weight is 311 g/mol. The summed E-state index contributed by atoms with van der Waals surface area (Å²) >= 11 is 1.92. The summed E-state index contributed by atoms with van der Waals surface area (Å²) in [6.45, 7) is 4.77. The number of nitrogens with zero attached hydrogens (tertiary/aromatic N) is 1. The first-order valence-corrected chi connectivity index (χ1v) is 7.95. The molecule has 2 N–H and O–H groups in total. The molecule has 0 aliphatic carbocycles. The minimum atomic E-state index is -0.273. The Kier molecular flexibility index (Phi) is 9.87. The predicted molar refractivity (Wildman–Crippen MR) is 84.0 cm³/mol. The summed E-state index contributed by atoms with van der Waals surface area (Å²) in [5.74, 6) is 2.35. The van der Waals surface area contributed by atoms with E-state index in [4.69, 9.17) is 10.5 Å². The van der Waals surface area contributed by atoms with Gasteiger partial charge in [-0.25, -0.2) is 0 Å². The van der Waals surface area contributed by atoms with Crippen LogP contribution >= 0.6 is 24.2 Å². The first kappa shape index (κ1) is 19.0. The molecule has 4 nitrogen and oxygen atoms in total. The van der Waals surface area contributed by atoms with Crippen LogP contribution in [0.1, 0.15) is 33.1 Å². The number of ether oxygens (including phenoxy) is 1. The van der Waals surface area contributed by atoms with Crippen molar-refractivity contribution in [3.05, 3.63) is 0 Å². The number of nitrogens with two attached hydrogens (primary N) is 1. The molecule has 0 aromatic carbocycles. The molecule has 1 aliphatic heterocycles. The molecule has 6 heteroatoms. The molecule has 1 unspecified atom stereocenters. The van der Waals surface area contributed by atoms with Gasteiger partial charge in [0, 0.05) is 19.6 Å². The van der Waals surface area contributed by atoms with E-state index >= 15 is 0 Å². The van der Waals surface area contributed by atoms with Crippen molar-refractivity contribution in [3.63, 3.8) is 0 Å². The predicted octanol–water partition coefficient (Wildman–Crippen LogP) is 1.90. The zero-order valence-corrected chi connectivity index (χ0v) is 13.8. The molecular weight excluding hydrogens is 284 g/mol. The summed E-state index contributed by atoms with van der Waals surface area (Å²) in [6.07, 6.45) is 2.54. The SMILES string of the molecule is CCSCCC(C)N(C)C(=O)[C@@H]1CC[C@H](CN)O1.Cl. The summed E-state index contributed by atoms with van der Waals surface area (Å²) < 4.78 is 5.65. The first-order chi connectivity index (χ1) is 8.60. The van der Waals surface area contributed by atoms with Crippen LogP contribution in [0.4, 0.5) is 0 Å². The number of likely N-dealkylation sites (N-methyl/N-ethyl adjacent to an activating group) is 1. The normalized spacial score (nSPS) is 23.8. The average Bonchev–Trinajstić information content (AvgIpc) is 2.85. The summed E-state index contributed by atoms with van der Waals surface area (Å²) in [6, 6.07) is 0.275. The van der Waals surface area contributed by atoms with Crippen LogP contribution in [0.15, 0.2) is 0 Å². The zero-order valence-electron chi connectivity index (χ0n) is 12.1. The fourth-order valence-corrected chi connectivity index (χ4v) is 2.89. The van der Waals surface area contributed by atoms with Crippen molar-refractivity contribution >= 4 is 30.1 Å². The molecule has 1 fully saturated rings. The summed E-state index contributed by atoms with van der Waals surface area (Å²) in [5, 5.41) is 0. The molecule has 1 amide bonds. The third-order valence-electron chi connectivity index (χ3n) is 3.54. The molecule has 0 aromatic rings. The molecule has 0 radical (unpaired) electrons. The van der Waals surface area contributed by atoms with E-state index in [2.05, 4.69) is 13.8 Å². The van der Waals surface area contributed by atoms with Gasteiger partial charge in [-0.15, -0.1) is 12.4 Å². The molecule has 0 bridgehead atoms. The largest absolute Gasteiger partial charge is 0.364 e. The highest BCUT2D eigenvalue weighted by molar-refractivity contribution is 7.99. The van der Waals surface area contributed by atoms with Gasteiger partial charge in [0.05, 0.1) is 6.10 Å². The Balaban J connectivity index is 0.00000324. The van der Waals surface area contributed by atoms with Crippen molar-refractivity contribution in [2.75, 3.05) is 25.1 Å². The lowest BCUT2D eigenvalue weighted by molar-refractivity contribution is -0.143. The lowest BCUT2D eigenvalue weighted by Crippen LogP contribution is -2.42. The maximum absolute atomic E-state index is 12.2. The third kappa shape index (κ3) is 5.90. The van der Waals surface area contributed by atoms with E-state index in [0.717, 1.165) is 30.8 Å². The van der Waals surface area contributed by atoms with Gasteiger partial charge < -0.3 is 15.4 Å². The van der Waals surface area contributed by atoms with E-state index in [-0.39, 0.29) is 36.6 Å². The highest BCUT2D eigenvalue weighted by Gasteiger charge is 2.32. The van der Waals surface area contributed by atoms with Gasteiger partial charge in [-0.1, -0.05) is 6.92 Å². The van der Waals surface area contributed by atoms with Crippen molar-refractivity contribution in [1.82, 2.24) is 4.90 Å². The van der Waals surface area contributed by atoms with E-state index in [1.807, 2.05) is 23.7 Å². The number of rotatable bonds is 7. The summed E-state index contributed by atoms with van der Waals surface area (Å²) in [7, 11) is 1.88. The first-order valence-electron chi connectivity index (χ1n) is 6.80. The van der Waals surface area contributed by atoms with E-state index in [9.17, 15) is 4.79 Å². The molecule has 0 saturated carbocycles. The highest BCUT2D eigenvalue weighted by Crippen LogP contribution is 2.21. The van der Waals surface area contributed by atoms with E-state index in [0.29, 0.717) is 6.54 Å². The summed E-state index contributed by atoms with van der Waals surface area (Å²) in [5.41, 5.74) is 5.56. The minimum Gasteiger partial charge on any atom is -0.364 e. The maximum atomic E-state index is 12.2. The van der Waals surface area contributed by atoms with Crippen molar-refractivity contribution in [1.29, 1.82) is 0 Å². The Morgan fingerprint density at radius 2 is 2.21 bits per heavy atom. The number of halogens is 1. The lowest BCUT2D eigenvalue weighted by atomic mass is 10.1. The van der Waals surface area contributed by atoms with Gasteiger partial charge in [-0.2, -0.15) is 11.8 Å². The van der Waals surface area contributed by atoms with Gasteiger partial charge in [-0.05, 0) is 37.7 Å². The molecular formula is C13H27ClN2O2S. The standard InChI is InChI=1S/C13H26N2O2S.ClH/c1-4-18-8-7-10(2)15(3)13(16)12-6-5-11(9-14)17-12;/h10-12H,4-9,14H2,1-3H3;1H/t10?,11-,12+;/m1./s1. The van der Waals surface area contributed by atoms with Gasteiger partial charge >= 0.3 is 0 Å². The number of hydrogen-bond donors (Lipinski definition) is 1. The third-order valence-corrected chi connectivity index (χ3v) is 4.47. The Bertz CT molecular complexity index is 269. The van der Waals surface area contributed by atoms with Crippen molar-refractivity contribution in [2.45, 2.75) is 51.4 Å².